The van der Waals surface area contributed by atoms with Crippen LogP contribution in [-0.4, -0.2) is 31.5 Å². The monoisotopic (exact) mass is 336 g/mol. The predicted octanol–water partition coefficient (Wildman–Crippen LogP) is 2.78. The number of aryl methyl sites for hydroxylation is 1. The van der Waals surface area contributed by atoms with Gasteiger partial charge in [-0.3, -0.25) is 14.5 Å². The highest BCUT2D eigenvalue weighted by atomic mass is 16.5. The molecule has 5 nitrogen and oxygen atoms in total. The smallest absolute Gasteiger partial charge is 0.247 e. The zero-order valence-corrected chi connectivity index (χ0v) is 14.0. The van der Waals surface area contributed by atoms with Crippen molar-refractivity contribution in [3.63, 3.8) is 0 Å². The summed E-state index contributed by atoms with van der Waals surface area (Å²) in [6.45, 7) is 1.07. The van der Waals surface area contributed by atoms with E-state index in [0.717, 1.165) is 18.5 Å². The highest BCUT2D eigenvalue weighted by Crippen LogP contribution is 2.32. The van der Waals surface area contributed by atoms with Crippen molar-refractivity contribution >= 4 is 23.2 Å². The third kappa shape index (κ3) is 2.97. The van der Waals surface area contributed by atoms with Crippen molar-refractivity contribution < 1.29 is 14.3 Å². The minimum Gasteiger partial charge on any atom is -0.491 e. The SMILES string of the molecule is O=C(CN1C(=O)CCOc2ccccc21)N1CCCc2ccccc21. The fraction of sp³-hybridized carbons (Fsp3) is 0.300. The van der Waals surface area contributed by atoms with E-state index in [4.69, 9.17) is 4.74 Å². The maximum absolute atomic E-state index is 13.0. The Bertz CT molecular complexity index is 818. The number of nitrogens with zero attached hydrogens (tertiary/aromatic N) is 2. The number of rotatable bonds is 2. The van der Waals surface area contributed by atoms with Crippen LogP contribution in [0.2, 0.25) is 0 Å². The third-order valence-electron chi connectivity index (χ3n) is 4.74. The van der Waals surface area contributed by atoms with Crippen molar-refractivity contribution in [2.24, 2.45) is 0 Å². The maximum atomic E-state index is 13.0. The molecule has 0 fully saturated rings. The minimum absolute atomic E-state index is 0.0353. The van der Waals surface area contributed by atoms with E-state index in [1.54, 1.807) is 9.80 Å². The first kappa shape index (κ1) is 15.7. The van der Waals surface area contributed by atoms with Crippen LogP contribution in [0, 0.1) is 0 Å². The van der Waals surface area contributed by atoms with Gasteiger partial charge in [0.2, 0.25) is 11.8 Å². The van der Waals surface area contributed by atoms with E-state index >= 15 is 0 Å². The van der Waals surface area contributed by atoms with Gasteiger partial charge in [0.25, 0.3) is 0 Å². The Balaban J connectivity index is 1.62. The van der Waals surface area contributed by atoms with Crippen LogP contribution in [0.1, 0.15) is 18.4 Å². The number of hydrogen-bond acceptors (Lipinski definition) is 3. The molecule has 2 aromatic carbocycles. The summed E-state index contributed by atoms with van der Waals surface area (Å²) in [7, 11) is 0. The lowest BCUT2D eigenvalue weighted by Crippen LogP contribution is -2.44. The van der Waals surface area contributed by atoms with Gasteiger partial charge in [-0.05, 0) is 36.6 Å². The average molecular weight is 336 g/mol. The molecule has 0 spiro atoms. The molecule has 2 aromatic rings. The van der Waals surface area contributed by atoms with Crippen molar-refractivity contribution in [1.29, 1.82) is 0 Å². The summed E-state index contributed by atoms with van der Waals surface area (Å²) < 4.78 is 5.65. The lowest BCUT2D eigenvalue weighted by atomic mass is 10.0. The van der Waals surface area contributed by atoms with Crippen LogP contribution >= 0.6 is 0 Å². The van der Waals surface area contributed by atoms with Gasteiger partial charge in [-0.2, -0.15) is 0 Å². The number of carbonyl (C=O) groups excluding carboxylic acids is 2. The molecule has 0 unspecified atom stereocenters. The second kappa shape index (κ2) is 6.59. The second-order valence-corrected chi connectivity index (χ2v) is 6.32. The molecule has 0 saturated carbocycles. The number of amides is 2. The summed E-state index contributed by atoms with van der Waals surface area (Å²) in [5.41, 5.74) is 2.82. The van der Waals surface area contributed by atoms with Gasteiger partial charge < -0.3 is 9.64 Å². The molecule has 2 amide bonds. The van der Waals surface area contributed by atoms with E-state index in [0.29, 0.717) is 24.6 Å². The number of anilines is 2. The van der Waals surface area contributed by atoms with E-state index in [9.17, 15) is 9.59 Å². The number of carbonyl (C=O) groups is 2. The molecule has 2 heterocycles. The fourth-order valence-electron chi connectivity index (χ4n) is 3.51. The van der Waals surface area contributed by atoms with Crippen molar-refractivity contribution in [3.8, 4) is 5.75 Å². The zero-order chi connectivity index (χ0) is 17.2. The second-order valence-electron chi connectivity index (χ2n) is 6.32. The molecule has 0 aliphatic carbocycles. The first-order valence-corrected chi connectivity index (χ1v) is 8.64. The fourth-order valence-corrected chi connectivity index (χ4v) is 3.51. The van der Waals surface area contributed by atoms with Crippen LogP contribution in [0.15, 0.2) is 48.5 Å². The molecule has 5 heteroatoms. The van der Waals surface area contributed by atoms with Gasteiger partial charge in [-0.15, -0.1) is 0 Å². The van der Waals surface area contributed by atoms with E-state index < -0.39 is 0 Å². The van der Waals surface area contributed by atoms with Crippen LogP contribution in [0.4, 0.5) is 11.4 Å². The van der Waals surface area contributed by atoms with Crippen LogP contribution in [0.25, 0.3) is 0 Å². The summed E-state index contributed by atoms with van der Waals surface area (Å²) >= 11 is 0. The zero-order valence-electron chi connectivity index (χ0n) is 14.0. The van der Waals surface area contributed by atoms with Gasteiger partial charge in [0, 0.05) is 12.2 Å². The average Bonchev–Trinajstić information content (AvgIpc) is 2.80. The molecule has 128 valence electrons. The van der Waals surface area contributed by atoms with E-state index in [-0.39, 0.29) is 24.8 Å². The van der Waals surface area contributed by atoms with Gasteiger partial charge in [-0.25, -0.2) is 0 Å². The molecule has 0 radical (unpaired) electrons. The standard InChI is InChI=1S/C20H20N2O3/c23-19-11-13-25-18-10-4-3-9-17(18)22(19)14-20(24)21-12-5-7-15-6-1-2-8-16(15)21/h1-4,6,8-10H,5,7,11-14H2. The largest absolute Gasteiger partial charge is 0.491 e. The molecule has 0 saturated heterocycles. The summed E-state index contributed by atoms with van der Waals surface area (Å²) in [5, 5.41) is 0. The lowest BCUT2D eigenvalue weighted by molar-refractivity contribution is -0.122. The Hall–Kier alpha value is -2.82. The van der Waals surface area contributed by atoms with Crippen LogP contribution in [0.3, 0.4) is 0 Å². The summed E-state index contributed by atoms with van der Waals surface area (Å²) in [4.78, 5) is 28.9. The topological polar surface area (TPSA) is 49.9 Å². The highest BCUT2D eigenvalue weighted by Gasteiger charge is 2.29. The first-order chi connectivity index (χ1) is 12.2. The normalized spacial score (nSPS) is 16.6. The molecule has 4 rings (SSSR count). The summed E-state index contributed by atoms with van der Waals surface area (Å²) in [6.07, 6.45) is 2.20. The molecular formula is C20H20N2O3. The number of ether oxygens (including phenoxy) is 1. The minimum atomic E-state index is -0.0800. The number of benzene rings is 2. The van der Waals surface area contributed by atoms with Crippen molar-refractivity contribution in [2.75, 3.05) is 29.5 Å². The Morgan fingerprint density at radius 3 is 2.64 bits per heavy atom. The molecular weight excluding hydrogens is 316 g/mol. The molecule has 2 aliphatic heterocycles. The van der Waals surface area contributed by atoms with E-state index in [1.807, 2.05) is 42.5 Å². The van der Waals surface area contributed by atoms with Gasteiger partial charge in [-0.1, -0.05) is 30.3 Å². The van der Waals surface area contributed by atoms with Crippen molar-refractivity contribution in [2.45, 2.75) is 19.3 Å². The molecule has 25 heavy (non-hydrogen) atoms. The molecule has 0 N–H and O–H groups in total. The summed E-state index contributed by atoms with van der Waals surface area (Å²) in [6, 6.07) is 15.4. The van der Waals surface area contributed by atoms with Crippen LogP contribution in [0.5, 0.6) is 5.75 Å². The summed E-state index contributed by atoms with van der Waals surface area (Å²) in [5.74, 6) is 0.515. The third-order valence-corrected chi connectivity index (χ3v) is 4.74. The Labute approximate surface area is 146 Å². The predicted molar refractivity (Wildman–Crippen MR) is 96.0 cm³/mol. The van der Waals surface area contributed by atoms with Gasteiger partial charge in [0.1, 0.15) is 12.3 Å². The molecule has 0 aromatic heterocycles. The Morgan fingerprint density at radius 1 is 1.00 bits per heavy atom. The number of fused-ring (bicyclic) bond motifs is 2. The lowest BCUT2D eigenvalue weighted by Gasteiger charge is -2.31. The Kier molecular flexibility index (Phi) is 4.14. The van der Waals surface area contributed by atoms with E-state index in [2.05, 4.69) is 6.07 Å². The van der Waals surface area contributed by atoms with Crippen molar-refractivity contribution in [3.05, 3.63) is 54.1 Å². The van der Waals surface area contributed by atoms with Gasteiger partial charge in [0.05, 0.1) is 18.7 Å². The van der Waals surface area contributed by atoms with Gasteiger partial charge >= 0.3 is 0 Å². The molecule has 0 bridgehead atoms. The van der Waals surface area contributed by atoms with Crippen LogP contribution < -0.4 is 14.5 Å². The van der Waals surface area contributed by atoms with Crippen LogP contribution in [-0.2, 0) is 16.0 Å². The molecule has 0 atom stereocenters. The Morgan fingerprint density at radius 2 is 1.76 bits per heavy atom. The first-order valence-electron chi connectivity index (χ1n) is 8.64. The number of para-hydroxylation sites is 3. The van der Waals surface area contributed by atoms with E-state index in [1.165, 1.54) is 5.56 Å². The molecule has 2 aliphatic rings. The quantitative estimate of drug-likeness (QED) is 0.847. The van der Waals surface area contributed by atoms with Gasteiger partial charge in [0.15, 0.2) is 0 Å². The maximum Gasteiger partial charge on any atom is 0.247 e. The van der Waals surface area contributed by atoms with Crippen molar-refractivity contribution in [1.82, 2.24) is 0 Å². The number of hydrogen-bond donors (Lipinski definition) is 0. The highest BCUT2D eigenvalue weighted by molar-refractivity contribution is 6.05.